The van der Waals surface area contributed by atoms with Gasteiger partial charge in [-0.25, -0.2) is 0 Å². The van der Waals surface area contributed by atoms with Gasteiger partial charge in [0.05, 0.1) is 0 Å². The van der Waals surface area contributed by atoms with Crippen LogP contribution in [0.1, 0.15) is 30.5 Å². The first-order valence-electron chi connectivity index (χ1n) is 13.4. The predicted octanol–water partition coefficient (Wildman–Crippen LogP) is 5.27. The first-order chi connectivity index (χ1) is 19.7. The highest BCUT2D eigenvalue weighted by Crippen LogP contribution is 2.50. The molecule has 3 aromatic rings. The number of hydrogen-bond acceptors (Lipinski definition) is 5. The van der Waals surface area contributed by atoms with Gasteiger partial charge in [-0.1, -0.05) is 48.5 Å². The Kier molecular flexibility index (Phi) is 9.29. The van der Waals surface area contributed by atoms with Gasteiger partial charge in [0.15, 0.2) is 0 Å². The van der Waals surface area contributed by atoms with Crippen LogP contribution in [0.4, 0.5) is 26.3 Å². The first kappa shape index (κ1) is 31.5. The first-order valence-corrected chi connectivity index (χ1v) is 13.4. The smallest absolute Gasteiger partial charge is 0.369 e. The molecule has 12 heteroatoms. The lowest BCUT2D eigenvalue weighted by molar-refractivity contribution is -0.376. The normalized spacial score (nSPS) is 17.4. The van der Waals surface area contributed by atoms with Crippen LogP contribution in [0, 0.1) is 0 Å². The maximum absolute atomic E-state index is 13.2. The molecule has 226 valence electrons. The van der Waals surface area contributed by atoms with Crippen molar-refractivity contribution in [1.82, 2.24) is 20.1 Å². The third-order valence-electron chi connectivity index (χ3n) is 7.26. The van der Waals surface area contributed by atoms with E-state index >= 15 is 0 Å². The summed E-state index contributed by atoms with van der Waals surface area (Å²) in [5.74, 6) is -0.0505. The maximum Gasteiger partial charge on any atom is 0.430 e. The fourth-order valence-electron chi connectivity index (χ4n) is 5.01. The summed E-state index contributed by atoms with van der Waals surface area (Å²) in [5, 5.41) is 12.6. The summed E-state index contributed by atoms with van der Waals surface area (Å²) < 4.78 is 79.1. The van der Waals surface area contributed by atoms with Gasteiger partial charge in [0.25, 0.3) is 5.60 Å². The number of hydrogen-bond donors (Lipinski definition) is 2. The molecular weight excluding hydrogens is 562 g/mol. The van der Waals surface area contributed by atoms with E-state index in [1.165, 1.54) is 0 Å². The molecule has 0 saturated carbocycles. The van der Waals surface area contributed by atoms with Crippen LogP contribution in [0.2, 0.25) is 0 Å². The number of nitrogens with one attached hydrogen (secondary N) is 1. The van der Waals surface area contributed by atoms with Crippen LogP contribution in [-0.4, -0.2) is 69.9 Å². The monoisotopic (exact) mass is 594 g/mol. The number of nitrogens with zero attached hydrogens (tertiary/aromatic N) is 3. The highest BCUT2D eigenvalue weighted by molar-refractivity contribution is 5.82. The quantitative estimate of drug-likeness (QED) is 0.348. The van der Waals surface area contributed by atoms with Crippen molar-refractivity contribution in [2.24, 2.45) is 0 Å². The van der Waals surface area contributed by atoms with Crippen molar-refractivity contribution < 1.29 is 36.2 Å². The second kappa shape index (κ2) is 12.4. The molecule has 2 aromatic carbocycles. The summed E-state index contributed by atoms with van der Waals surface area (Å²) >= 11 is 0. The fraction of sp³-hybridized carbons (Fsp3) is 0.400. The van der Waals surface area contributed by atoms with Gasteiger partial charge in [-0.2, -0.15) is 26.3 Å². The molecule has 1 atom stereocenters. The second-order valence-corrected chi connectivity index (χ2v) is 10.7. The number of benzene rings is 2. The molecule has 0 aliphatic carbocycles. The van der Waals surface area contributed by atoms with Crippen molar-refractivity contribution in [3.8, 4) is 11.1 Å². The molecule has 0 unspecified atom stereocenters. The van der Waals surface area contributed by atoms with Crippen molar-refractivity contribution in [2.45, 2.75) is 57.0 Å². The lowest BCUT2D eigenvalue weighted by atomic mass is 9.90. The minimum atomic E-state index is -5.94. The minimum Gasteiger partial charge on any atom is -0.369 e. The standard InChI is InChI=1S/C30H32F6N4O2/c1-20(2)38-27(41)26-19-39(15-16-40(26)18-22-11-13-37-14-12-22)17-21-3-5-23(6-4-21)24-7-9-25(10-8-24)28(42,29(31,32)33)30(34,35)36/h3-14,20,26,42H,15-19H2,1-2H3,(H,38,41)/t26-/m0/s1. The van der Waals surface area contributed by atoms with Crippen LogP contribution in [0.5, 0.6) is 0 Å². The molecule has 2 heterocycles. The number of pyridine rings is 1. The molecule has 0 radical (unpaired) electrons. The lowest BCUT2D eigenvalue weighted by Crippen LogP contribution is -2.59. The van der Waals surface area contributed by atoms with E-state index in [1.54, 1.807) is 24.5 Å². The Hall–Kier alpha value is -3.48. The molecule has 1 amide bonds. The SMILES string of the molecule is CC(C)NC(=O)[C@@H]1CN(Cc2ccc(-c3ccc(C(O)(C(F)(F)F)C(F)(F)F)cc3)cc2)CCN1Cc1ccncc1. The minimum absolute atomic E-state index is 0.00650. The lowest BCUT2D eigenvalue weighted by Gasteiger charge is -2.41. The molecule has 1 aliphatic heterocycles. The van der Waals surface area contributed by atoms with Crippen molar-refractivity contribution in [3.05, 3.63) is 89.7 Å². The number of carbonyl (C=O) groups is 1. The van der Waals surface area contributed by atoms with E-state index in [4.69, 9.17) is 0 Å². The predicted molar refractivity (Wildman–Crippen MR) is 145 cm³/mol. The number of aliphatic hydroxyl groups is 1. The molecule has 1 saturated heterocycles. The zero-order valence-electron chi connectivity index (χ0n) is 23.1. The molecule has 0 spiro atoms. The van der Waals surface area contributed by atoms with Crippen LogP contribution in [0.15, 0.2) is 73.1 Å². The number of alkyl halides is 6. The largest absolute Gasteiger partial charge is 0.430 e. The Morgan fingerprint density at radius 2 is 1.38 bits per heavy atom. The van der Waals surface area contributed by atoms with E-state index in [0.717, 1.165) is 29.8 Å². The summed E-state index contributed by atoms with van der Waals surface area (Å²) in [7, 11) is 0. The summed E-state index contributed by atoms with van der Waals surface area (Å²) in [6.45, 7) is 6.89. The topological polar surface area (TPSA) is 68.7 Å². The number of carbonyl (C=O) groups excluding carboxylic acids is 1. The summed E-state index contributed by atoms with van der Waals surface area (Å²) in [6.07, 6.45) is -8.43. The summed E-state index contributed by atoms with van der Waals surface area (Å²) in [4.78, 5) is 21.4. The van der Waals surface area contributed by atoms with Crippen LogP contribution in [0.3, 0.4) is 0 Å². The average molecular weight is 595 g/mol. The van der Waals surface area contributed by atoms with E-state index in [1.807, 2.05) is 38.1 Å². The molecule has 42 heavy (non-hydrogen) atoms. The Bertz CT molecular complexity index is 1320. The van der Waals surface area contributed by atoms with Crippen LogP contribution in [0.25, 0.3) is 11.1 Å². The van der Waals surface area contributed by atoms with Gasteiger partial charge in [0.2, 0.25) is 5.91 Å². The highest BCUT2D eigenvalue weighted by Gasteiger charge is 2.71. The van der Waals surface area contributed by atoms with Crippen LogP contribution >= 0.6 is 0 Å². The van der Waals surface area contributed by atoms with Gasteiger partial charge >= 0.3 is 12.4 Å². The second-order valence-electron chi connectivity index (χ2n) is 10.7. The molecule has 4 rings (SSSR count). The molecule has 1 aromatic heterocycles. The number of amides is 1. The number of piperazine rings is 1. The van der Waals surface area contributed by atoms with Gasteiger partial charge in [-0.05, 0) is 48.2 Å². The van der Waals surface area contributed by atoms with E-state index in [2.05, 4.69) is 20.1 Å². The maximum atomic E-state index is 13.2. The molecule has 0 bridgehead atoms. The van der Waals surface area contributed by atoms with Gasteiger partial charge in [0.1, 0.15) is 6.04 Å². The van der Waals surface area contributed by atoms with E-state index < -0.39 is 23.5 Å². The molecular formula is C30H32F6N4O2. The van der Waals surface area contributed by atoms with Crippen molar-refractivity contribution in [1.29, 1.82) is 0 Å². The molecule has 6 nitrogen and oxygen atoms in total. The van der Waals surface area contributed by atoms with E-state index in [9.17, 15) is 36.2 Å². The Morgan fingerprint density at radius 1 is 0.857 bits per heavy atom. The fourth-order valence-corrected chi connectivity index (χ4v) is 5.01. The number of rotatable bonds is 8. The Balaban J connectivity index is 1.45. The van der Waals surface area contributed by atoms with E-state index in [0.29, 0.717) is 49.4 Å². The third-order valence-corrected chi connectivity index (χ3v) is 7.26. The summed E-state index contributed by atoms with van der Waals surface area (Å²) in [6, 6.07) is 14.1. The van der Waals surface area contributed by atoms with Crippen molar-refractivity contribution in [2.75, 3.05) is 19.6 Å². The van der Waals surface area contributed by atoms with Gasteiger partial charge in [-0.3, -0.25) is 19.6 Å². The van der Waals surface area contributed by atoms with Crippen LogP contribution < -0.4 is 5.32 Å². The van der Waals surface area contributed by atoms with Gasteiger partial charge < -0.3 is 10.4 Å². The zero-order valence-corrected chi connectivity index (χ0v) is 23.1. The number of halogens is 6. The van der Waals surface area contributed by atoms with Crippen molar-refractivity contribution >= 4 is 5.91 Å². The van der Waals surface area contributed by atoms with Crippen molar-refractivity contribution in [3.63, 3.8) is 0 Å². The highest BCUT2D eigenvalue weighted by atomic mass is 19.4. The molecule has 2 N–H and O–H groups in total. The van der Waals surface area contributed by atoms with Gasteiger partial charge in [-0.15, -0.1) is 0 Å². The number of aromatic nitrogens is 1. The summed E-state index contributed by atoms with van der Waals surface area (Å²) in [5.41, 5.74) is -3.29. The van der Waals surface area contributed by atoms with Crippen LogP contribution in [-0.2, 0) is 23.5 Å². The molecule has 1 aliphatic rings. The van der Waals surface area contributed by atoms with E-state index in [-0.39, 0.29) is 18.0 Å². The Labute approximate surface area is 240 Å². The third kappa shape index (κ3) is 6.93. The average Bonchev–Trinajstić information content (AvgIpc) is 2.93. The zero-order chi connectivity index (χ0) is 30.7. The molecule has 1 fully saturated rings. The Morgan fingerprint density at radius 3 is 1.90 bits per heavy atom. The van der Waals surface area contributed by atoms with Gasteiger partial charge in [0, 0.05) is 56.7 Å².